The van der Waals surface area contributed by atoms with Gasteiger partial charge in [0, 0.05) is 31.5 Å². The minimum atomic E-state index is -0.265. The van der Waals surface area contributed by atoms with Crippen molar-refractivity contribution in [2.45, 2.75) is 26.4 Å². The topological polar surface area (TPSA) is 58.7 Å². The number of hydrogen-bond acceptors (Lipinski definition) is 3. The molecule has 2 amide bonds. The second-order valence-corrected chi connectivity index (χ2v) is 7.27. The summed E-state index contributed by atoms with van der Waals surface area (Å²) in [5.74, 6) is -0.0752. The van der Waals surface area contributed by atoms with E-state index in [0.29, 0.717) is 13.1 Å². The van der Waals surface area contributed by atoms with Crippen molar-refractivity contribution in [3.63, 3.8) is 0 Å². The van der Waals surface area contributed by atoms with Gasteiger partial charge < -0.3 is 18.8 Å². The Labute approximate surface area is 170 Å². The van der Waals surface area contributed by atoms with E-state index in [2.05, 4.69) is 35.9 Å². The van der Waals surface area contributed by atoms with E-state index in [1.54, 1.807) is 12.1 Å². The summed E-state index contributed by atoms with van der Waals surface area (Å²) in [6, 6.07) is 15.4. The Bertz CT molecular complexity index is 1010. The molecule has 150 valence electrons. The van der Waals surface area contributed by atoms with Gasteiger partial charge in [0.25, 0.3) is 5.91 Å². The first kappa shape index (κ1) is 19.1. The number of aryl methyl sites for hydroxylation is 1. The van der Waals surface area contributed by atoms with Gasteiger partial charge in [0.05, 0.1) is 12.3 Å². The molecule has 0 bridgehead atoms. The molecular weight excluding hydrogens is 366 g/mol. The SMILES string of the molecule is CCN(CC(=O)N1CCn2cccc2[C@H]1c1ccccc1C)C(=O)c1ccco1. The summed E-state index contributed by atoms with van der Waals surface area (Å²) < 4.78 is 7.43. The van der Waals surface area contributed by atoms with Crippen LogP contribution >= 0.6 is 0 Å². The lowest BCUT2D eigenvalue weighted by molar-refractivity contribution is -0.134. The van der Waals surface area contributed by atoms with Crippen molar-refractivity contribution in [1.29, 1.82) is 0 Å². The van der Waals surface area contributed by atoms with E-state index in [1.165, 1.54) is 11.2 Å². The third kappa shape index (κ3) is 3.58. The van der Waals surface area contributed by atoms with E-state index in [-0.39, 0.29) is 30.2 Å². The lowest BCUT2D eigenvalue weighted by atomic mass is 9.95. The minimum absolute atomic E-state index is 0.0269. The summed E-state index contributed by atoms with van der Waals surface area (Å²) in [6.45, 7) is 5.75. The summed E-state index contributed by atoms with van der Waals surface area (Å²) in [7, 11) is 0. The fraction of sp³-hybridized carbons (Fsp3) is 0.304. The lowest BCUT2D eigenvalue weighted by Gasteiger charge is -2.39. The maximum Gasteiger partial charge on any atom is 0.290 e. The molecule has 1 aliphatic rings. The first-order chi connectivity index (χ1) is 14.1. The third-order valence-corrected chi connectivity index (χ3v) is 5.57. The molecule has 3 heterocycles. The van der Waals surface area contributed by atoms with Gasteiger partial charge >= 0.3 is 0 Å². The number of furan rings is 1. The lowest BCUT2D eigenvalue weighted by Crippen LogP contribution is -2.48. The van der Waals surface area contributed by atoms with Crippen LogP contribution in [-0.4, -0.2) is 45.8 Å². The highest BCUT2D eigenvalue weighted by Crippen LogP contribution is 2.34. The van der Waals surface area contributed by atoms with Gasteiger partial charge in [0.15, 0.2) is 5.76 Å². The molecule has 4 rings (SSSR count). The van der Waals surface area contributed by atoms with E-state index in [4.69, 9.17) is 4.42 Å². The zero-order valence-electron chi connectivity index (χ0n) is 16.7. The number of hydrogen-bond donors (Lipinski definition) is 0. The molecule has 0 fully saturated rings. The molecule has 0 aliphatic carbocycles. The van der Waals surface area contributed by atoms with E-state index in [0.717, 1.165) is 23.4 Å². The van der Waals surface area contributed by atoms with E-state index in [9.17, 15) is 9.59 Å². The normalized spacial score (nSPS) is 15.8. The zero-order chi connectivity index (χ0) is 20.4. The molecule has 1 aliphatic heterocycles. The molecule has 0 spiro atoms. The van der Waals surface area contributed by atoms with Gasteiger partial charge in [-0.3, -0.25) is 9.59 Å². The summed E-state index contributed by atoms with van der Waals surface area (Å²) in [6.07, 6.45) is 3.52. The van der Waals surface area contributed by atoms with Crippen molar-refractivity contribution in [2.24, 2.45) is 0 Å². The summed E-state index contributed by atoms with van der Waals surface area (Å²) in [5, 5.41) is 0. The van der Waals surface area contributed by atoms with Crippen LogP contribution in [0.3, 0.4) is 0 Å². The van der Waals surface area contributed by atoms with E-state index < -0.39 is 0 Å². The van der Waals surface area contributed by atoms with Crippen LogP contribution in [0.25, 0.3) is 0 Å². The average Bonchev–Trinajstić information content (AvgIpc) is 3.43. The molecule has 6 nitrogen and oxygen atoms in total. The molecule has 2 aromatic heterocycles. The van der Waals surface area contributed by atoms with Crippen LogP contribution in [0.5, 0.6) is 0 Å². The van der Waals surface area contributed by atoms with Crippen molar-refractivity contribution >= 4 is 11.8 Å². The Morgan fingerprint density at radius 2 is 1.93 bits per heavy atom. The fourth-order valence-electron chi connectivity index (χ4n) is 4.01. The van der Waals surface area contributed by atoms with Crippen LogP contribution in [0.1, 0.15) is 40.3 Å². The Morgan fingerprint density at radius 3 is 2.66 bits per heavy atom. The molecule has 0 unspecified atom stereocenters. The number of fused-ring (bicyclic) bond motifs is 1. The maximum atomic E-state index is 13.4. The van der Waals surface area contributed by atoms with Crippen molar-refractivity contribution in [1.82, 2.24) is 14.4 Å². The summed E-state index contributed by atoms with van der Waals surface area (Å²) >= 11 is 0. The number of likely N-dealkylation sites (N-methyl/N-ethyl adjacent to an activating group) is 1. The van der Waals surface area contributed by atoms with Crippen molar-refractivity contribution in [2.75, 3.05) is 19.6 Å². The highest BCUT2D eigenvalue weighted by atomic mass is 16.3. The van der Waals surface area contributed by atoms with Gasteiger partial charge in [-0.15, -0.1) is 0 Å². The molecule has 0 radical (unpaired) electrons. The highest BCUT2D eigenvalue weighted by Gasteiger charge is 2.34. The maximum absolute atomic E-state index is 13.4. The number of rotatable bonds is 5. The molecule has 0 N–H and O–H groups in total. The second kappa shape index (κ2) is 7.99. The van der Waals surface area contributed by atoms with Gasteiger partial charge in [-0.2, -0.15) is 0 Å². The van der Waals surface area contributed by atoms with Crippen molar-refractivity contribution < 1.29 is 14.0 Å². The summed E-state index contributed by atoms with van der Waals surface area (Å²) in [5.41, 5.74) is 3.35. The molecule has 1 atom stereocenters. The van der Waals surface area contributed by atoms with Gasteiger partial charge in [-0.1, -0.05) is 24.3 Å². The number of aromatic nitrogens is 1. The van der Waals surface area contributed by atoms with Crippen LogP contribution < -0.4 is 0 Å². The fourth-order valence-corrected chi connectivity index (χ4v) is 4.01. The first-order valence-electron chi connectivity index (χ1n) is 9.93. The molecule has 29 heavy (non-hydrogen) atoms. The van der Waals surface area contributed by atoms with Crippen LogP contribution in [0.2, 0.25) is 0 Å². The molecule has 0 saturated carbocycles. The third-order valence-electron chi connectivity index (χ3n) is 5.57. The molecule has 0 saturated heterocycles. The van der Waals surface area contributed by atoms with Crippen LogP contribution in [0, 0.1) is 6.92 Å². The number of nitrogens with zero attached hydrogens (tertiary/aromatic N) is 3. The molecule has 1 aromatic carbocycles. The number of amides is 2. The predicted octanol–water partition coefficient (Wildman–Crippen LogP) is 3.48. The van der Waals surface area contributed by atoms with Gasteiger partial charge in [0.1, 0.15) is 6.54 Å². The van der Waals surface area contributed by atoms with Crippen LogP contribution in [-0.2, 0) is 11.3 Å². The minimum Gasteiger partial charge on any atom is -0.459 e. The first-order valence-corrected chi connectivity index (χ1v) is 9.93. The van der Waals surface area contributed by atoms with Gasteiger partial charge in [-0.25, -0.2) is 0 Å². The van der Waals surface area contributed by atoms with E-state index >= 15 is 0 Å². The monoisotopic (exact) mass is 391 g/mol. The largest absolute Gasteiger partial charge is 0.459 e. The number of carbonyl (C=O) groups is 2. The molecule has 6 heteroatoms. The Morgan fingerprint density at radius 1 is 1.10 bits per heavy atom. The standard InChI is InChI=1S/C23H25N3O3/c1-3-24(23(28)20-11-7-15-29-20)16-21(27)26-14-13-25-12-6-10-19(25)22(26)18-9-5-4-8-17(18)2/h4-12,15,22H,3,13-14,16H2,1-2H3/t22-/m1/s1. The van der Waals surface area contributed by atoms with Gasteiger partial charge in [-0.05, 0) is 49.2 Å². The molecular formula is C23H25N3O3. The van der Waals surface area contributed by atoms with Gasteiger partial charge in [0.2, 0.25) is 5.91 Å². The predicted molar refractivity (Wildman–Crippen MR) is 109 cm³/mol. The molecule has 3 aromatic rings. The van der Waals surface area contributed by atoms with Crippen LogP contribution in [0.4, 0.5) is 0 Å². The Hall–Kier alpha value is -3.28. The van der Waals surface area contributed by atoms with Crippen LogP contribution in [0.15, 0.2) is 65.4 Å². The summed E-state index contributed by atoms with van der Waals surface area (Å²) in [4.78, 5) is 29.5. The highest BCUT2D eigenvalue weighted by molar-refractivity contribution is 5.94. The Kier molecular flexibility index (Phi) is 5.25. The average molecular weight is 391 g/mol. The Balaban J connectivity index is 1.63. The van der Waals surface area contributed by atoms with Crippen molar-refractivity contribution in [3.05, 3.63) is 83.6 Å². The second-order valence-electron chi connectivity index (χ2n) is 7.27. The number of carbonyl (C=O) groups excluding carboxylic acids is 2. The van der Waals surface area contributed by atoms with Crippen molar-refractivity contribution in [3.8, 4) is 0 Å². The number of benzene rings is 1. The smallest absolute Gasteiger partial charge is 0.290 e. The quantitative estimate of drug-likeness (QED) is 0.669. The zero-order valence-corrected chi connectivity index (χ0v) is 16.7. The van der Waals surface area contributed by atoms with E-state index in [1.807, 2.05) is 30.0 Å².